The van der Waals surface area contributed by atoms with Gasteiger partial charge in [0.25, 0.3) is 0 Å². The highest BCUT2D eigenvalue weighted by Gasteiger charge is 2.11. The van der Waals surface area contributed by atoms with E-state index in [-0.39, 0.29) is 17.5 Å². The molecule has 0 saturated carbocycles. The minimum atomic E-state index is -0.0315. The third kappa shape index (κ3) is 2.84. The van der Waals surface area contributed by atoms with Gasteiger partial charge in [0.2, 0.25) is 0 Å². The molecule has 0 aliphatic rings. The van der Waals surface area contributed by atoms with Crippen LogP contribution in [0.15, 0.2) is 34.7 Å². The first-order valence-corrected chi connectivity index (χ1v) is 5.87. The van der Waals surface area contributed by atoms with Gasteiger partial charge >= 0.3 is 0 Å². The maximum Gasteiger partial charge on any atom is 0.124 e. The van der Waals surface area contributed by atoms with Crippen LogP contribution in [-0.4, -0.2) is 10.2 Å². The summed E-state index contributed by atoms with van der Waals surface area (Å²) in [5.74, 6) is 1.89. The molecule has 0 amide bonds. The molecule has 18 heavy (non-hydrogen) atoms. The largest absolute Gasteiger partial charge is 0.508 e. The Balaban J connectivity index is 2.01. The number of rotatable bonds is 4. The van der Waals surface area contributed by atoms with Crippen molar-refractivity contribution in [2.45, 2.75) is 26.4 Å². The van der Waals surface area contributed by atoms with Crippen LogP contribution in [-0.2, 0) is 6.54 Å². The molecule has 2 rings (SSSR count). The van der Waals surface area contributed by atoms with Gasteiger partial charge in [0, 0.05) is 17.7 Å². The highest BCUT2D eigenvalue weighted by atomic mass is 16.3. The third-order valence-electron chi connectivity index (χ3n) is 2.86. The number of aromatic hydroxyl groups is 2. The van der Waals surface area contributed by atoms with E-state index in [0.717, 1.165) is 17.1 Å². The van der Waals surface area contributed by atoms with Crippen LogP contribution in [0.2, 0.25) is 0 Å². The Morgan fingerprint density at radius 1 is 1.22 bits per heavy atom. The highest BCUT2D eigenvalue weighted by molar-refractivity contribution is 5.40. The first kappa shape index (κ1) is 12.5. The van der Waals surface area contributed by atoms with Crippen molar-refractivity contribution in [3.05, 3.63) is 47.4 Å². The van der Waals surface area contributed by atoms with Gasteiger partial charge in [-0.2, -0.15) is 0 Å². The Bertz CT molecular complexity index is 534. The number of aryl methyl sites for hydroxylation is 1. The Hall–Kier alpha value is -1.94. The van der Waals surface area contributed by atoms with Crippen LogP contribution < -0.4 is 5.32 Å². The summed E-state index contributed by atoms with van der Waals surface area (Å²) in [4.78, 5) is 0. The number of phenolic OH excluding ortho intramolecular Hbond substituents is 2. The van der Waals surface area contributed by atoms with Gasteiger partial charge < -0.3 is 19.9 Å². The molecule has 0 radical (unpaired) electrons. The molecule has 0 bridgehead atoms. The number of phenols is 2. The molecular formula is C14H17NO3. The average molecular weight is 247 g/mol. The lowest BCUT2D eigenvalue weighted by molar-refractivity contribution is 0.421. The Morgan fingerprint density at radius 2 is 2.00 bits per heavy atom. The van der Waals surface area contributed by atoms with E-state index in [9.17, 15) is 10.2 Å². The first-order chi connectivity index (χ1) is 8.56. The first-order valence-electron chi connectivity index (χ1n) is 5.87. The van der Waals surface area contributed by atoms with Crippen LogP contribution in [0, 0.1) is 6.92 Å². The van der Waals surface area contributed by atoms with E-state index in [1.807, 2.05) is 26.0 Å². The third-order valence-corrected chi connectivity index (χ3v) is 2.86. The number of hydrogen-bond donors (Lipinski definition) is 3. The summed E-state index contributed by atoms with van der Waals surface area (Å²) in [6, 6.07) is 8.41. The van der Waals surface area contributed by atoms with Gasteiger partial charge in [0.15, 0.2) is 0 Å². The number of hydrogen-bond acceptors (Lipinski definition) is 4. The zero-order valence-corrected chi connectivity index (χ0v) is 10.5. The summed E-state index contributed by atoms with van der Waals surface area (Å²) in [7, 11) is 0. The number of benzene rings is 1. The molecule has 4 heteroatoms. The van der Waals surface area contributed by atoms with E-state index >= 15 is 0 Å². The maximum absolute atomic E-state index is 9.74. The van der Waals surface area contributed by atoms with Crippen molar-refractivity contribution in [3.8, 4) is 11.5 Å². The van der Waals surface area contributed by atoms with Crippen LogP contribution in [0.4, 0.5) is 0 Å². The normalized spacial score (nSPS) is 12.6. The summed E-state index contributed by atoms with van der Waals surface area (Å²) >= 11 is 0. The Labute approximate surface area is 106 Å². The lowest BCUT2D eigenvalue weighted by atomic mass is 10.1. The predicted molar refractivity (Wildman–Crippen MR) is 68.5 cm³/mol. The fourth-order valence-corrected chi connectivity index (χ4v) is 1.84. The standard InChI is InChI=1S/C14H17NO3/c1-9-3-5-12(18-9)8-15-10(2)13-6-4-11(16)7-14(13)17/h3-7,10,15-17H,8H2,1-2H3. The van der Waals surface area contributed by atoms with Crippen LogP contribution in [0.3, 0.4) is 0 Å². The molecule has 1 unspecified atom stereocenters. The predicted octanol–water partition coefficient (Wildman–Crippen LogP) is 2.85. The highest BCUT2D eigenvalue weighted by Crippen LogP contribution is 2.27. The molecule has 1 aromatic heterocycles. The second-order valence-electron chi connectivity index (χ2n) is 4.36. The van der Waals surface area contributed by atoms with E-state index in [1.54, 1.807) is 12.1 Å². The molecule has 1 aromatic carbocycles. The molecule has 2 aromatic rings. The molecule has 4 nitrogen and oxygen atoms in total. The molecule has 0 spiro atoms. The fraction of sp³-hybridized carbons (Fsp3) is 0.286. The van der Waals surface area contributed by atoms with Crippen LogP contribution in [0.25, 0.3) is 0 Å². The van der Waals surface area contributed by atoms with Crippen molar-refractivity contribution in [1.29, 1.82) is 0 Å². The number of furan rings is 1. The van der Waals surface area contributed by atoms with Gasteiger partial charge in [0.05, 0.1) is 6.54 Å². The molecule has 96 valence electrons. The molecule has 1 atom stereocenters. The molecule has 1 heterocycles. The quantitative estimate of drug-likeness (QED) is 0.777. The molecule has 0 aliphatic heterocycles. The summed E-state index contributed by atoms with van der Waals surface area (Å²) in [6.07, 6.45) is 0. The minimum absolute atomic E-state index is 0.0315. The summed E-state index contributed by atoms with van der Waals surface area (Å²) < 4.78 is 5.45. The van der Waals surface area contributed by atoms with Gasteiger partial charge in [-0.25, -0.2) is 0 Å². The fourth-order valence-electron chi connectivity index (χ4n) is 1.84. The second-order valence-corrected chi connectivity index (χ2v) is 4.36. The van der Waals surface area contributed by atoms with Crippen LogP contribution in [0.1, 0.15) is 30.0 Å². The van der Waals surface area contributed by atoms with E-state index < -0.39 is 0 Å². The van der Waals surface area contributed by atoms with Crippen molar-refractivity contribution in [1.82, 2.24) is 5.32 Å². The monoisotopic (exact) mass is 247 g/mol. The van der Waals surface area contributed by atoms with Gasteiger partial charge in [-0.1, -0.05) is 6.07 Å². The van der Waals surface area contributed by atoms with Crippen LogP contribution in [0.5, 0.6) is 11.5 Å². The topological polar surface area (TPSA) is 65.6 Å². The zero-order valence-electron chi connectivity index (χ0n) is 10.5. The van der Waals surface area contributed by atoms with Gasteiger partial charge in [-0.05, 0) is 32.0 Å². The summed E-state index contributed by atoms with van der Waals surface area (Å²) in [5, 5.41) is 22.2. The van der Waals surface area contributed by atoms with Crippen molar-refractivity contribution >= 4 is 0 Å². The van der Waals surface area contributed by atoms with Gasteiger partial charge in [-0.3, -0.25) is 0 Å². The van der Waals surface area contributed by atoms with E-state index in [0.29, 0.717) is 6.54 Å². The molecule has 0 aliphatic carbocycles. The maximum atomic E-state index is 9.74. The van der Waals surface area contributed by atoms with E-state index in [4.69, 9.17) is 4.42 Å². The van der Waals surface area contributed by atoms with E-state index in [2.05, 4.69) is 5.32 Å². The molecular weight excluding hydrogens is 230 g/mol. The Kier molecular flexibility index (Phi) is 3.58. The molecule has 0 fully saturated rings. The minimum Gasteiger partial charge on any atom is -0.508 e. The number of nitrogens with one attached hydrogen (secondary N) is 1. The lowest BCUT2D eigenvalue weighted by Crippen LogP contribution is -2.17. The van der Waals surface area contributed by atoms with Crippen LogP contribution >= 0.6 is 0 Å². The second kappa shape index (κ2) is 5.14. The SMILES string of the molecule is Cc1ccc(CNC(C)c2ccc(O)cc2O)o1. The lowest BCUT2D eigenvalue weighted by Gasteiger charge is -2.14. The van der Waals surface area contributed by atoms with Gasteiger partial charge in [0.1, 0.15) is 23.0 Å². The zero-order chi connectivity index (χ0) is 13.1. The summed E-state index contributed by atoms with van der Waals surface area (Å²) in [5.41, 5.74) is 0.746. The molecule has 0 saturated heterocycles. The smallest absolute Gasteiger partial charge is 0.124 e. The average Bonchev–Trinajstić information content (AvgIpc) is 2.72. The summed E-state index contributed by atoms with van der Waals surface area (Å²) in [6.45, 7) is 4.44. The van der Waals surface area contributed by atoms with Crippen molar-refractivity contribution < 1.29 is 14.6 Å². The van der Waals surface area contributed by atoms with Crippen molar-refractivity contribution in [3.63, 3.8) is 0 Å². The van der Waals surface area contributed by atoms with E-state index in [1.165, 1.54) is 6.07 Å². The van der Waals surface area contributed by atoms with Gasteiger partial charge in [-0.15, -0.1) is 0 Å². The Morgan fingerprint density at radius 3 is 2.61 bits per heavy atom. The van der Waals surface area contributed by atoms with Crippen molar-refractivity contribution in [2.75, 3.05) is 0 Å². The molecule has 3 N–H and O–H groups in total. The van der Waals surface area contributed by atoms with Crippen molar-refractivity contribution in [2.24, 2.45) is 0 Å².